The van der Waals surface area contributed by atoms with E-state index in [9.17, 15) is 8.78 Å². The van der Waals surface area contributed by atoms with Gasteiger partial charge in [-0.2, -0.15) is 11.8 Å². The predicted octanol–water partition coefficient (Wildman–Crippen LogP) is 4.30. The summed E-state index contributed by atoms with van der Waals surface area (Å²) in [6.45, 7) is 4.20. The topological polar surface area (TPSA) is 18.5 Å². The van der Waals surface area contributed by atoms with Crippen molar-refractivity contribution in [3.63, 3.8) is 0 Å². The zero-order chi connectivity index (χ0) is 20.6. The highest BCUT2D eigenvalue weighted by Gasteiger charge is 2.27. The number of hydrogen-bond acceptors (Lipinski definition) is 3. The van der Waals surface area contributed by atoms with Gasteiger partial charge in [0, 0.05) is 32.7 Å². The molecule has 0 aromatic heterocycles. The van der Waals surface area contributed by atoms with E-state index in [-0.39, 0.29) is 17.7 Å². The summed E-state index contributed by atoms with van der Waals surface area (Å²) in [6.07, 6.45) is 3.20. The van der Waals surface area contributed by atoms with E-state index >= 15 is 0 Å². The SMILES string of the molecule is CSCCCNC(=S)N1CCN(C(c2ccc(F)cc2)c2ccc(F)cc2)CC1. The molecular formula is C22H27F2N3S2. The van der Waals surface area contributed by atoms with Crippen LogP contribution in [-0.4, -0.2) is 59.6 Å². The van der Waals surface area contributed by atoms with Gasteiger partial charge >= 0.3 is 0 Å². The Morgan fingerprint density at radius 2 is 1.48 bits per heavy atom. The zero-order valence-electron chi connectivity index (χ0n) is 16.6. The van der Waals surface area contributed by atoms with Crippen molar-refractivity contribution in [3.05, 3.63) is 71.3 Å². The first-order chi connectivity index (χ1) is 14.1. The number of halogens is 2. The normalized spacial score (nSPS) is 15.0. The lowest BCUT2D eigenvalue weighted by Crippen LogP contribution is -2.52. The van der Waals surface area contributed by atoms with Gasteiger partial charge in [0.15, 0.2) is 5.11 Å². The smallest absolute Gasteiger partial charge is 0.169 e. The maximum Gasteiger partial charge on any atom is 0.169 e. The molecule has 0 amide bonds. The summed E-state index contributed by atoms with van der Waals surface area (Å²) in [5.74, 6) is 0.615. The van der Waals surface area contributed by atoms with Crippen molar-refractivity contribution in [2.24, 2.45) is 0 Å². The molecule has 2 aromatic carbocycles. The molecule has 0 atom stereocenters. The molecule has 3 rings (SSSR count). The zero-order valence-corrected chi connectivity index (χ0v) is 18.2. The fraction of sp³-hybridized carbons (Fsp3) is 0.409. The lowest BCUT2D eigenvalue weighted by molar-refractivity contribution is 0.149. The number of thioether (sulfide) groups is 1. The summed E-state index contributed by atoms with van der Waals surface area (Å²) < 4.78 is 26.9. The first kappa shape index (κ1) is 22.0. The van der Waals surface area contributed by atoms with E-state index < -0.39 is 0 Å². The van der Waals surface area contributed by atoms with Crippen LogP contribution in [0.1, 0.15) is 23.6 Å². The fourth-order valence-corrected chi connectivity index (χ4v) is 4.33. The van der Waals surface area contributed by atoms with E-state index in [1.165, 1.54) is 24.3 Å². The molecule has 1 aliphatic heterocycles. The molecule has 0 bridgehead atoms. The Labute approximate surface area is 181 Å². The van der Waals surface area contributed by atoms with Gasteiger partial charge in [-0.05, 0) is 66.0 Å². The van der Waals surface area contributed by atoms with E-state index in [1.54, 1.807) is 0 Å². The first-order valence-electron chi connectivity index (χ1n) is 9.85. The van der Waals surface area contributed by atoms with E-state index in [1.807, 2.05) is 36.0 Å². The number of thiocarbonyl (C=S) groups is 1. The molecule has 1 fully saturated rings. The number of piperazine rings is 1. The maximum absolute atomic E-state index is 13.4. The van der Waals surface area contributed by atoms with Crippen LogP contribution in [0.4, 0.5) is 8.78 Å². The van der Waals surface area contributed by atoms with Crippen molar-refractivity contribution in [1.82, 2.24) is 15.1 Å². The molecule has 0 unspecified atom stereocenters. The van der Waals surface area contributed by atoms with Gasteiger partial charge in [-0.15, -0.1) is 0 Å². The van der Waals surface area contributed by atoms with Gasteiger partial charge in [-0.1, -0.05) is 24.3 Å². The summed E-state index contributed by atoms with van der Waals surface area (Å²) in [6, 6.07) is 13.1. The third-order valence-corrected chi connectivity index (χ3v) is 6.24. The van der Waals surface area contributed by atoms with Gasteiger partial charge in [0.2, 0.25) is 0 Å². The second-order valence-corrected chi connectivity index (χ2v) is 8.48. The molecule has 2 aromatic rings. The lowest BCUT2D eigenvalue weighted by atomic mass is 9.96. The summed E-state index contributed by atoms with van der Waals surface area (Å²) >= 11 is 7.39. The monoisotopic (exact) mass is 435 g/mol. The average Bonchev–Trinajstić information content (AvgIpc) is 2.74. The Bertz CT molecular complexity index is 730. The largest absolute Gasteiger partial charge is 0.363 e. The van der Waals surface area contributed by atoms with E-state index in [0.717, 1.165) is 61.1 Å². The second-order valence-electron chi connectivity index (χ2n) is 7.11. The van der Waals surface area contributed by atoms with Crippen LogP contribution in [0.3, 0.4) is 0 Å². The number of rotatable bonds is 7. The standard InChI is InChI=1S/C22H27F2N3S2/c1-29-16-2-11-25-22(28)27-14-12-26(13-15-27)21(17-3-7-19(23)8-4-17)18-5-9-20(24)10-6-18/h3-10,21H,2,11-16H2,1H3,(H,25,28). The van der Waals surface area contributed by atoms with Crippen LogP contribution < -0.4 is 5.32 Å². The molecule has 29 heavy (non-hydrogen) atoms. The van der Waals surface area contributed by atoms with Crippen molar-refractivity contribution >= 4 is 29.1 Å². The van der Waals surface area contributed by atoms with Crippen LogP contribution in [-0.2, 0) is 0 Å². The van der Waals surface area contributed by atoms with E-state index in [4.69, 9.17) is 12.2 Å². The molecule has 0 radical (unpaired) electrons. The Hall–Kier alpha value is -1.70. The highest BCUT2D eigenvalue weighted by Crippen LogP contribution is 2.30. The van der Waals surface area contributed by atoms with Gasteiger partial charge in [-0.25, -0.2) is 8.78 Å². The predicted molar refractivity (Wildman–Crippen MR) is 121 cm³/mol. The highest BCUT2D eigenvalue weighted by atomic mass is 32.2. The molecule has 156 valence electrons. The average molecular weight is 436 g/mol. The first-order valence-corrected chi connectivity index (χ1v) is 11.7. The van der Waals surface area contributed by atoms with Crippen molar-refractivity contribution in [3.8, 4) is 0 Å². The molecular weight excluding hydrogens is 408 g/mol. The molecule has 1 aliphatic rings. The summed E-state index contributed by atoms with van der Waals surface area (Å²) in [5.41, 5.74) is 2.01. The van der Waals surface area contributed by atoms with Crippen molar-refractivity contribution in [2.75, 3.05) is 44.7 Å². The molecule has 0 spiro atoms. The van der Waals surface area contributed by atoms with Gasteiger partial charge in [0.25, 0.3) is 0 Å². The minimum atomic E-state index is -0.255. The number of benzene rings is 2. The van der Waals surface area contributed by atoms with Crippen LogP contribution in [0, 0.1) is 11.6 Å². The Kier molecular flexibility index (Phi) is 8.27. The third kappa shape index (κ3) is 6.14. The third-order valence-electron chi connectivity index (χ3n) is 5.14. The van der Waals surface area contributed by atoms with Crippen molar-refractivity contribution in [2.45, 2.75) is 12.5 Å². The van der Waals surface area contributed by atoms with E-state index in [2.05, 4.69) is 21.4 Å². The van der Waals surface area contributed by atoms with Gasteiger partial charge in [0.1, 0.15) is 11.6 Å². The molecule has 1 saturated heterocycles. The van der Waals surface area contributed by atoms with Crippen molar-refractivity contribution < 1.29 is 8.78 Å². The van der Waals surface area contributed by atoms with Crippen LogP contribution in [0.5, 0.6) is 0 Å². The van der Waals surface area contributed by atoms with Crippen LogP contribution in [0.25, 0.3) is 0 Å². The van der Waals surface area contributed by atoms with E-state index in [0.29, 0.717) is 0 Å². The Morgan fingerprint density at radius 3 is 1.97 bits per heavy atom. The summed E-state index contributed by atoms with van der Waals surface area (Å²) in [4.78, 5) is 4.56. The molecule has 0 saturated carbocycles. The highest BCUT2D eigenvalue weighted by molar-refractivity contribution is 7.98. The minimum Gasteiger partial charge on any atom is -0.363 e. The fourth-order valence-electron chi connectivity index (χ4n) is 3.61. The van der Waals surface area contributed by atoms with Crippen LogP contribution >= 0.6 is 24.0 Å². The molecule has 1 N–H and O–H groups in total. The Balaban J connectivity index is 1.67. The van der Waals surface area contributed by atoms with Gasteiger partial charge in [-0.3, -0.25) is 4.90 Å². The summed E-state index contributed by atoms with van der Waals surface area (Å²) in [7, 11) is 0. The maximum atomic E-state index is 13.4. The van der Waals surface area contributed by atoms with Crippen LogP contribution in [0.2, 0.25) is 0 Å². The molecule has 1 heterocycles. The number of nitrogens with zero attached hydrogens (tertiary/aromatic N) is 2. The summed E-state index contributed by atoms with van der Waals surface area (Å²) in [5, 5.41) is 4.16. The molecule has 0 aliphatic carbocycles. The quantitative estimate of drug-likeness (QED) is 0.515. The van der Waals surface area contributed by atoms with Crippen LogP contribution in [0.15, 0.2) is 48.5 Å². The van der Waals surface area contributed by atoms with Crippen molar-refractivity contribution in [1.29, 1.82) is 0 Å². The number of hydrogen-bond donors (Lipinski definition) is 1. The molecule has 7 heteroatoms. The number of nitrogens with one attached hydrogen (secondary N) is 1. The lowest BCUT2D eigenvalue weighted by Gasteiger charge is -2.40. The van der Waals surface area contributed by atoms with Gasteiger partial charge in [0.05, 0.1) is 6.04 Å². The Morgan fingerprint density at radius 1 is 0.966 bits per heavy atom. The minimum absolute atomic E-state index is 0.0403. The second kappa shape index (κ2) is 10.9. The molecule has 3 nitrogen and oxygen atoms in total. The van der Waals surface area contributed by atoms with Gasteiger partial charge < -0.3 is 10.2 Å².